The fourth-order valence-electron chi connectivity index (χ4n) is 1.19. The summed E-state index contributed by atoms with van der Waals surface area (Å²) in [6.07, 6.45) is 3.04. The average molecular weight is 187 g/mol. The Morgan fingerprint density at radius 2 is 2.08 bits per heavy atom. The largest absolute Gasteiger partial charge is 0.418 e. The van der Waals surface area contributed by atoms with Crippen LogP contribution in [0.15, 0.2) is 4.99 Å². The first-order chi connectivity index (χ1) is 5.62. The summed E-state index contributed by atoms with van der Waals surface area (Å²) in [5.74, 6) is 0. The van der Waals surface area contributed by atoms with Gasteiger partial charge in [0.2, 0.25) is 0 Å². The lowest BCUT2D eigenvalue weighted by Gasteiger charge is -2.21. The summed E-state index contributed by atoms with van der Waals surface area (Å²) in [5.41, 5.74) is 0. The van der Waals surface area contributed by atoms with E-state index in [0.29, 0.717) is 0 Å². The van der Waals surface area contributed by atoms with Crippen LogP contribution in [0, 0.1) is 0 Å². The lowest BCUT2D eigenvalue weighted by Crippen LogP contribution is -2.30. The Balaban J connectivity index is 3.46. The van der Waals surface area contributed by atoms with Gasteiger partial charge in [-0.15, -0.1) is 0 Å². The zero-order chi connectivity index (χ0) is 9.45. The van der Waals surface area contributed by atoms with Crippen LogP contribution in [0.4, 0.5) is 0 Å². The monoisotopic (exact) mass is 187 g/mol. The van der Waals surface area contributed by atoms with Gasteiger partial charge in [-0.2, -0.15) is 0 Å². The molecule has 0 heterocycles. The van der Waals surface area contributed by atoms with Gasteiger partial charge in [0.15, 0.2) is 8.32 Å². The zero-order valence-electron chi connectivity index (χ0n) is 8.76. The van der Waals surface area contributed by atoms with Crippen LogP contribution >= 0.6 is 0 Å². The third-order valence-corrected chi connectivity index (χ3v) is 4.41. The molecule has 0 N–H and O–H groups in total. The minimum Gasteiger partial charge on any atom is -0.418 e. The van der Waals surface area contributed by atoms with Crippen molar-refractivity contribution in [2.75, 3.05) is 13.2 Å². The van der Waals surface area contributed by atoms with E-state index in [9.17, 15) is 0 Å². The average Bonchev–Trinajstić information content (AvgIpc) is 1.98. The predicted octanol–water partition coefficient (Wildman–Crippen LogP) is 2.71. The van der Waals surface area contributed by atoms with E-state index in [1.165, 1.54) is 12.5 Å². The van der Waals surface area contributed by atoms with E-state index in [-0.39, 0.29) is 0 Å². The first-order valence-electron chi connectivity index (χ1n) is 4.71. The van der Waals surface area contributed by atoms with Crippen molar-refractivity contribution in [3.8, 4) is 0 Å². The minimum absolute atomic E-state index is 0.857. The van der Waals surface area contributed by atoms with Crippen molar-refractivity contribution >= 4 is 14.5 Å². The highest BCUT2D eigenvalue weighted by Crippen LogP contribution is 2.13. The third kappa shape index (κ3) is 6.55. The number of hydrogen-bond donors (Lipinski definition) is 0. The molecule has 0 aromatic carbocycles. The summed E-state index contributed by atoms with van der Waals surface area (Å²) in [6, 6.07) is 1.22. The van der Waals surface area contributed by atoms with Crippen LogP contribution in [0.3, 0.4) is 0 Å². The molecule has 0 rings (SSSR count). The van der Waals surface area contributed by atoms with Crippen LogP contribution in [0.2, 0.25) is 19.1 Å². The second kappa shape index (κ2) is 6.37. The summed E-state index contributed by atoms with van der Waals surface area (Å²) in [6.45, 7) is 10.4. The molecule has 3 heteroatoms. The molecule has 72 valence electrons. The highest BCUT2D eigenvalue weighted by atomic mass is 28.4. The third-order valence-electron chi connectivity index (χ3n) is 1.78. The smallest absolute Gasteiger partial charge is 0.186 e. The molecule has 0 unspecified atom stereocenters. The zero-order valence-corrected chi connectivity index (χ0v) is 9.76. The molecule has 0 saturated carbocycles. The maximum absolute atomic E-state index is 5.70. The van der Waals surface area contributed by atoms with E-state index in [1.54, 1.807) is 0 Å². The van der Waals surface area contributed by atoms with Crippen molar-refractivity contribution in [2.45, 2.75) is 39.4 Å². The molecule has 0 fully saturated rings. The van der Waals surface area contributed by atoms with E-state index >= 15 is 0 Å². The summed E-state index contributed by atoms with van der Waals surface area (Å²) >= 11 is 0. The lowest BCUT2D eigenvalue weighted by atomic mass is 10.5. The number of aliphatic imine (C=N–C) groups is 1. The Hall–Kier alpha value is -0.153. The van der Waals surface area contributed by atoms with Gasteiger partial charge in [-0.1, -0.05) is 0 Å². The van der Waals surface area contributed by atoms with Gasteiger partial charge in [0.25, 0.3) is 0 Å². The van der Waals surface area contributed by atoms with E-state index in [1.807, 2.05) is 13.1 Å². The van der Waals surface area contributed by atoms with Gasteiger partial charge in [-0.05, 0) is 45.6 Å². The van der Waals surface area contributed by atoms with Gasteiger partial charge in [0.05, 0.1) is 0 Å². The molecule has 0 aliphatic heterocycles. The molecule has 0 aromatic rings. The van der Waals surface area contributed by atoms with Crippen LogP contribution in [-0.2, 0) is 4.43 Å². The minimum atomic E-state index is -1.33. The van der Waals surface area contributed by atoms with Crippen LogP contribution in [0.25, 0.3) is 0 Å². The van der Waals surface area contributed by atoms with Crippen LogP contribution in [0.5, 0.6) is 0 Å². The second-order valence-electron chi connectivity index (χ2n) is 3.46. The predicted molar refractivity (Wildman–Crippen MR) is 57.6 cm³/mol. The normalized spacial score (nSPS) is 12.7. The Labute approximate surface area is 77.2 Å². The van der Waals surface area contributed by atoms with Crippen molar-refractivity contribution in [3.63, 3.8) is 0 Å². The maximum atomic E-state index is 5.70. The van der Waals surface area contributed by atoms with Crippen molar-refractivity contribution in [1.82, 2.24) is 0 Å². The van der Waals surface area contributed by atoms with Crippen molar-refractivity contribution < 1.29 is 4.43 Å². The molecular weight excluding hydrogens is 166 g/mol. The van der Waals surface area contributed by atoms with E-state index < -0.39 is 8.32 Å². The molecule has 0 aliphatic rings. The summed E-state index contributed by atoms with van der Waals surface area (Å²) in [7, 11) is -1.33. The number of nitrogens with zero attached hydrogens (tertiary/aromatic N) is 1. The molecule has 0 spiro atoms. The number of rotatable bonds is 6. The molecule has 0 radical (unpaired) electrons. The van der Waals surface area contributed by atoms with E-state index in [4.69, 9.17) is 4.43 Å². The fourth-order valence-corrected chi connectivity index (χ4v) is 3.12. The summed E-state index contributed by atoms with van der Waals surface area (Å²) in [5, 5.41) is 0. The molecule has 0 saturated heterocycles. The van der Waals surface area contributed by atoms with Gasteiger partial charge in [-0.25, -0.2) is 0 Å². The van der Waals surface area contributed by atoms with E-state index in [0.717, 1.165) is 13.2 Å². The van der Waals surface area contributed by atoms with Crippen molar-refractivity contribution in [3.05, 3.63) is 0 Å². The quantitative estimate of drug-likeness (QED) is 0.356. The van der Waals surface area contributed by atoms with Crippen LogP contribution in [-0.4, -0.2) is 27.7 Å². The van der Waals surface area contributed by atoms with Crippen molar-refractivity contribution in [2.24, 2.45) is 4.99 Å². The van der Waals surface area contributed by atoms with Crippen molar-refractivity contribution in [1.29, 1.82) is 0 Å². The Kier molecular flexibility index (Phi) is 6.29. The van der Waals surface area contributed by atoms with E-state index in [2.05, 4.69) is 25.0 Å². The van der Waals surface area contributed by atoms with Gasteiger partial charge in [0.1, 0.15) is 0 Å². The highest BCUT2D eigenvalue weighted by Gasteiger charge is 2.20. The molecular formula is C9H21NOSi. The topological polar surface area (TPSA) is 21.6 Å². The first-order valence-corrected chi connectivity index (χ1v) is 7.82. The molecule has 0 aromatic heterocycles. The molecule has 0 amide bonds. The van der Waals surface area contributed by atoms with Crippen LogP contribution < -0.4 is 0 Å². The number of hydrogen-bond acceptors (Lipinski definition) is 2. The van der Waals surface area contributed by atoms with Gasteiger partial charge in [-0.3, -0.25) is 4.99 Å². The summed E-state index contributed by atoms with van der Waals surface area (Å²) < 4.78 is 5.70. The summed E-state index contributed by atoms with van der Waals surface area (Å²) in [4.78, 5) is 4.18. The van der Waals surface area contributed by atoms with Gasteiger partial charge < -0.3 is 4.43 Å². The maximum Gasteiger partial charge on any atom is 0.186 e. The second-order valence-corrected chi connectivity index (χ2v) is 7.77. The highest BCUT2D eigenvalue weighted by molar-refractivity contribution is 6.71. The van der Waals surface area contributed by atoms with Gasteiger partial charge >= 0.3 is 0 Å². The molecule has 0 aliphatic carbocycles. The molecule has 2 nitrogen and oxygen atoms in total. The lowest BCUT2D eigenvalue weighted by molar-refractivity contribution is 0.328. The standard InChI is InChI=1S/C9H21NOSi/c1-5-10-8-7-9-12(3,4)11-6-2/h5H,6-9H2,1-4H3/b10-5-. The molecule has 12 heavy (non-hydrogen) atoms. The fraction of sp³-hybridized carbons (Fsp3) is 0.889. The van der Waals surface area contributed by atoms with Crippen LogP contribution in [0.1, 0.15) is 20.3 Å². The Morgan fingerprint density at radius 3 is 2.58 bits per heavy atom. The Morgan fingerprint density at radius 1 is 1.42 bits per heavy atom. The Bertz CT molecular complexity index is 134. The molecule has 0 bridgehead atoms. The van der Waals surface area contributed by atoms with Gasteiger partial charge in [0, 0.05) is 13.2 Å². The first kappa shape index (κ1) is 11.8. The SMILES string of the molecule is C/C=N\CCC[Si](C)(C)OCC. The molecule has 0 atom stereocenters.